The molecule has 3 aromatic carbocycles. The monoisotopic (exact) mass is 420 g/mol. The number of nitrogens with zero attached hydrogens (tertiary/aromatic N) is 1. The Balaban J connectivity index is 1.46. The number of carbonyl (C=O) groups excluding carboxylic acids is 1. The van der Waals surface area contributed by atoms with Crippen LogP contribution in [0.4, 0.5) is 5.69 Å². The number of anilines is 1. The predicted molar refractivity (Wildman–Crippen MR) is 119 cm³/mol. The number of amides is 1. The maximum atomic E-state index is 12.5. The molecule has 0 saturated heterocycles. The first-order valence-corrected chi connectivity index (χ1v) is 9.91. The molecule has 1 aromatic heterocycles. The van der Waals surface area contributed by atoms with Crippen molar-refractivity contribution in [3.63, 3.8) is 0 Å². The molecule has 1 amide bonds. The highest BCUT2D eigenvalue weighted by Crippen LogP contribution is 2.26. The van der Waals surface area contributed by atoms with Crippen LogP contribution >= 0.6 is 11.6 Å². The van der Waals surface area contributed by atoms with Gasteiger partial charge in [0.25, 0.3) is 5.91 Å². The number of hydrogen-bond acceptors (Lipinski definition) is 4. The van der Waals surface area contributed by atoms with Crippen molar-refractivity contribution in [2.24, 2.45) is 0 Å². The predicted octanol–water partition coefficient (Wildman–Crippen LogP) is 5.95. The van der Waals surface area contributed by atoms with Crippen LogP contribution in [0.2, 0.25) is 5.02 Å². The normalized spacial score (nSPS) is 10.9. The zero-order chi connectivity index (χ0) is 21.3. The molecule has 0 aliphatic carbocycles. The van der Waals surface area contributed by atoms with E-state index >= 15 is 0 Å². The molecule has 4 rings (SSSR count). The zero-order valence-corrected chi connectivity index (χ0v) is 17.7. The molecule has 5 nitrogen and oxygen atoms in total. The largest absolute Gasteiger partial charge is 0.495 e. The molecule has 0 atom stereocenters. The van der Waals surface area contributed by atoms with Gasteiger partial charge in [-0.2, -0.15) is 0 Å². The van der Waals surface area contributed by atoms with Crippen molar-refractivity contribution in [3.8, 4) is 5.75 Å². The SMILES string of the molecule is COc1ccc(C(=O)Nc2ccc(Cc3nc4cc(C)cc(C)c4o3)cc2)cc1Cl. The Morgan fingerprint density at radius 3 is 2.57 bits per heavy atom. The first-order valence-electron chi connectivity index (χ1n) is 9.53. The summed E-state index contributed by atoms with van der Waals surface area (Å²) in [6.45, 7) is 4.07. The van der Waals surface area contributed by atoms with Crippen LogP contribution in [0.1, 0.15) is 32.9 Å². The van der Waals surface area contributed by atoms with Gasteiger partial charge < -0.3 is 14.5 Å². The molecular formula is C24H21ClN2O3. The number of halogens is 1. The molecule has 4 aromatic rings. The second-order valence-electron chi connectivity index (χ2n) is 7.21. The first-order chi connectivity index (χ1) is 14.4. The number of hydrogen-bond donors (Lipinski definition) is 1. The molecule has 0 radical (unpaired) electrons. The summed E-state index contributed by atoms with van der Waals surface area (Å²) in [5.41, 5.74) is 6.16. The van der Waals surface area contributed by atoms with E-state index in [-0.39, 0.29) is 5.91 Å². The van der Waals surface area contributed by atoms with Crippen LogP contribution in [0.15, 0.2) is 59.0 Å². The van der Waals surface area contributed by atoms with E-state index in [9.17, 15) is 4.79 Å². The lowest BCUT2D eigenvalue weighted by molar-refractivity contribution is 0.102. The van der Waals surface area contributed by atoms with E-state index in [0.29, 0.717) is 34.3 Å². The van der Waals surface area contributed by atoms with E-state index in [1.807, 2.05) is 44.2 Å². The van der Waals surface area contributed by atoms with Gasteiger partial charge in [-0.1, -0.05) is 29.8 Å². The minimum absolute atomic E-state index is 0.239. The van der Waals surface area contributed by atoms with E-state index < -0.39 is 0 Å². The van der Waals surface area contributed by atoms with Crippen molar-refractivity contribution in [1.29, 1.82) is 0 Å². The van der Waals surface area contributed by atoms with E-state index in [1.165, 1.54) is 7.11 Å². The van der Waals surface area contributed by atoms with Gasteiger partial charge in [0, 0.05) is 17.7 Å². The summed E-state index contributed by atoms with van der Waals surface area (Å²) in [6, 6.07) is 16.7. The molecule has 152 valence electrons. The smallest absolute Gasteiger partial charge is 0.255 e. The first kappa shape index (κ1) is 20.0. The molecule has 0 fully saturated rings. The third kappa shape index (κ3) is 4.16. The topological polar surface area (TPSA) is 64.4 Å². The van der Waals surface area contributed by atoms with E-state index in [0.717, 1.165) is 27.8 Å². The van der Waals surface area contributed by atoms with Crippen molar-refractivity contribution in [3.05, 3.63) is 87.8 Å². The summed E-state index contributed by atoms with van der Waals surface area (Å²) < 4.78 is 11.1. The van der Waals surface area contributed by atoms with Crippen molar-refractivity contribution >= 4 is 34.3 Å². The Bertz CT molecular complexity index is 1230. The minimum atomic E-state index is -0.239. The fourth-order valence-electron chi connectivity index (χ4n) is 3.39. The van der Waals surface area contributed by atoms with Crippen LogP contribution in [-0.4, -0.2) is 18.0 Å². The minimum Gasteiger partial charge on any atom is -0.495 e. The van der Waals surface area contributed by atoms with Gasteiger partial charge in [-0.3, -0.25) is 4.79 Å². The Labute approximate surface area is 179 Å². The third-order valence-electron chi connectivity index (χ3n) is 4.85. The molecular weight excluding hydrogens is 400 g/mol. The number of nitrogens with one attached hydrogen (secondary N) is 1. The average Bonchev–Trinajstić information content (AvgIpc) is 3.12. The number of aromatic nitrogens is 1. The molecule has 1 N–H and O–H groups in total. The van der Waals surface area contributed by atoms with Gasteiger partial charge in [0.05, 0.1) is 12.1 Å². The van der Waals surface area contributed by atoms with Gasteiger partial charge in [-0.25, -0.2) is 4.98 Å². The molecule has 0 spiro atoms. The molecule has 0 aliphatic heterocycles. The summed E-state index contributed by atoms with van der Waals surface area (Å²) >= 11 is 6.10. The third-order valence-corrected chi connectivity index (χ3v) is 5.14. The number of aryl methyl sites for hydroxylation is 2. The molecule has 0 bridgehead atoms. The van der Waals surface area contributed by atoms with Crippen LogP contribution in [-0.2, 0) is 6.42 Å². The Kier molecular flexibility index (Phi) is 5.46. The number of carbonyl (C=O) groups is 1. The number of benzene rings is 3. The fraction of sp³-hybridized carbons (Fsp3) is 0.167. The molecule has 6 heteroatoms. The number of ether oxygens (including phenoxy) is 1. The van der Waals surface area contributed by atoms with Gasteiger partial charge in [0.1, 0.15) is 11.3 Å². The zero-order valence-electron chi connectivity index (χ0n) is 17.0. The molecule has 0 unspecified atom stereocenters. The number of rotatable bonds is 5. The lowest BCUT2D eigenvalue weighted by atomic mass is 10.1. The second kappa shape index (κ2) is 8.20. The van der Waals surface area contributed by atoms with E-state index in [1.54, 1.807) is 18.2 Å². The van der Waals surface area contributed by atoms with Crippen molar-refractivity contribution in [2.75, 3.05) is 12.4 Å². The second-order valence-corrected chi connectivity index (χ2v) is 7.62. The summed E-state index contributed by atoms with van der Waals surface area (Å²) in [5.74, 6) is 0.961. The highest BCUT2D eigenvalue weighted by Gasteiger charge is 2.11. The summed E-state index contributed by atoms with van der Waals surface area (Å²) in [5, 5.41) is 3.26. The average molecular weight is 421 g/mol. The highest BCUT2D eigenvalue weighted by atomic mass is 35.5. The van der Waals surface area contributed by atoms with Gasteiger partial charge in [-0.15, -0.1) is 0 Å². The lowest BCUT2D eigenvalue weighted by Gasteiger charge is -2.08. The Hall–Kier alpha value is -3.31. The van der Waals surface area contributed by atoms with Gasteiger partial charge in [0.15, 0.2) is 11.5 Å². The Morgan fingerprint density at radius 2 is 1.87 bits per heavy atom. The van der Waals surface area contributed by atoms with Crippen LogP contribution in [0.3, 0.4) is 0 Å². The maximum absolute atomic E-state index is 12.5. The van der Waals surface area contributed by atoms with Crippen LogP contribution in [0.25, 0.3) is 11.1 Å². The van der Waals surface area contributed by atoms with E-state index in [2.05, 4.69) is 16.4 Å². The number of fused-ring (bicyclic) bond motifs is 1. The quantitative estimate of drug-likeness (QED) is 0.433. The van der Waals surface area contributed by atoms with Crippen molar-refractivity contribution in [1.82, 2.24) is 4.98 Å². The lowest BCUT2D eigenvalue weighted by Crippen LogP contribution is -2.11. The van der Waals surface area contributed by atoms with Crippen LogP contribution in [0, 0.1) is 13.8 Å². The number of oxazole rings is 1. The molecule has 30 heavy (non-hydrogen) atoms. The number of methoxy groups -OCH3 is 1. The van der Waals surface area contributed by atoms with Gasteiger partial charge in [0.2, 0.25) is 0 Å². The maximum Gasteiger partial charge on any atom is 0.255 e. The van der Waals surface area contributed by atoms with Gasteiger partial charge in [-0.05, 0) is 66.9 Å². The van der Waals surface area contributed by atoms with Crippen LogP contribution in [0.5, 0.6) is 5.75 Å². The summed E-state index contributed by atoms with van der Waals surface area (Å²) in [6.07, 6.45) is 0.579. The highest BCUT2D eigenvalue weighted by molar-refractivity contribution is 6.32. The molecule has 0 saturated carbocycles. The molecule has 0 aliphatic rings. The summed E-state index contributed by atoms with van der Waals surface area (Å²) in [7, 11) is 1.53. The fourth-order valence-corrected chi connectivity index (χ4v) is 3.65. The van der Waals surface area contributed by atoms with Gasteiger partial charge >= 0.3 is 0 Å². The van der Waals surface area contributed by atoms with Crippen molar-refractivity contribution < 1.29 is 13.9 Å². The molecule has 1 heterocycles. The van der Waals surface area contributed by atoms with Crippen molar-refractivity contribution in [2.45, 2.75) is 20.3 Å². The van der Waals surface area contributed by atoms with E-state index in [4.69, 9.17) is 20.8 Å². The Morgan fingerprint density at radius 1 is 1.10 bits per heavy atom. The van der Waals surface area contributed by atoms with Crippen LogP contribution < -0.4 is 10.1 Å². The summed E-state index contributed by atoms with van der Waals surface area (Å²) in [4.78, 5) is 17.1. The standard InChI is InChI=1S/C24H21ClN2O3/c1-14-10-15(2)23-20(11-14)27-22(30-23)12-16-4-7-18(8-5-16)26-24(28)17-6-9-21(29-3)19(25)13-17/h4-11,13H,12H2,1-3H3,(H,26,28).